The van der Waals surface area contributed by atoms with Gasteiger partial charge in [0.05, 0.1) is 24.9 Å². The van der Waals surface area contributed by atoms with Crippen LogP contribution >= 0.6 is 0 Å². The summed E-state index contributed by atoms with van der Waals surface area (Å²) in [4.78, 5) is 6.42. The summed E-state index contributed by atoms with van der Waals surface area (Å²) < 4.78 is 10.7. The molecular weight excluding hydrogens is 168 g/mol. The molecule has 1 aliphatic rings. The summed E-state index contributed by atoms with van der Waals surface area (Å²) in [7, 11) is 0. The highest BCUT2D eigenvalue weighted by molar-refractivity contribution is 5.29. The first-order chi connectivity index (χ1) is 6.27. The third kappa shape index (κ3) is 1.67. The molecule has 1 aliphatic heterocycles. The van der Waals surface area contributed by atoms with E-state index in [0.717, 1.165) is 25.5 Å². The lowest BCUT2D eigenvalue weighted by Crippen LogP contribution is -2.43. The molecule has 0 aliphatic carbocycles. The van der Waals surface area contributed by atoms with Crippen molar-refractivity contribution in [3.63, 3.8) is 0 Å². The molecule has 0 aromatic carbocycles. The van der Waals surface area contributed by atoms with Crippen LogP contribution in [0, 0.1) is 6.92 Å². The lowest BCUT2D eigenvalue weighted by Gasteiger charge is -2.31. The average Bonchev–Trinajstić information content (AvgIpc) is 2.53. The SMILES string of the molecule is Cc1coc(N2CCOC[C@@H]2C)n1. The fraction of sp³-hybridized carbons (Fsp3) is 0.667. The highest BCUT2D eigenvalue weighted by Crippen LogP contribution is 2.18. The van der Waals surface area contributed by atoms with Crippen LogP contribution in [0.5, 0.6) is 0 Å². The van der Waals surface area contributed by atoms with Crippen molar-refractivity contribution < 1.29 is 9.15 Å². The maximum absolute atomic E-state index is 5.33. The summed E-state index contributed by atoms with van der Waals surface area (Å²) >= 11 is 0. The molecule has 4 nitrogen and oxygen atoms in total. The number of anilines is 1. The number of oxazole rings is 1. The highest BCUT2D eigenvalue weighted by Gasteiger charge is 2.22. The fourth-order valence-electron chi connectivity index (χ4n) is 1.48. The van der Waals surface area contributed by atoms with E-state index >= 15 is 0 Å². The smallest absolute Gasteiger partial charge is 0.297 e. The van der Waals surface area contributed by atoms with Crippen molar-refractivity contribution in [2.75, 3.05) is 24.7 Å². The van der Waals surface area contributed by atoms with Crippen LogP contribution in [0.25, 0.3) is 0 Å². The lowest BCUT2D eigenvalue weighted by atomic mass is 10.3. The Bertz CT molecular complexity index is 285. The monoisotopic (exact) mass is 182 g/mol. The van der Waals surface area contributed by atoms with Crippen LogP contribution in [0.15, 0.2) is 10.7 Å². The maximum atomic E-state index is 5.33. The average molecular weight is 182 g/mol. The van der Waals surface area contributed by atoms with E-state index in [4.69, 9.17) is 9.15 Å². The van der Waals surface area contributed by atoms with E-state index in [9.17, 15) is 0 Å². The van der Waals surface area contributed by atoms with Gasteiger partial charge in [0, 0.05) is 6.54 Å². The Morgan fingerprint density at radius 1 is 1.62 bits per heavy atom. The topological polar surface area (TPSA) is 38.5 Å². The fourth-order valence-corrected chi connectivity index (χ4v) is 1.48. The zero-order valence-corrected chi connectivity index (χ0v) is 7.99. The number of hydrogen-bond acceptors (Lipinski definition) is 4. The minimum absolute atomic E-state index is 0.354. The van der Waals surface area contributed by atoms with Gasteiger partial charge in [0.1, 0.15) is 6.26 Å². The van der Waals surface area contributed by atoms with Crippen LogP contribution in [0.4, 0.5) is 6.01 Å². The summed E-state index contributed by atoms with van der Waals surface area (Å²) in [6, 6.07) is 1.07. The molecule has 0 N–H and O–H groups in total. The van der Waals surface area contributed by atoms with Gasteiger partial charge in [-0.05, 0) is 13.8 Å². The van der Waals surface area contributed by atoms with Crippen LogP contribution in [-0.4, -0.2) is 30.8 Å². The second-order valence-electron chi connectivity index (χ2n) is 3.39. The Morgan fingerprint density at radius 2 is 2.46 bits per heavy atom. The molecule has 0 spiro atoms. The first-order valence-electron chi connectivity index (χ1n) is 4.54. The Labute approximate surface area is 77.5 Å². The van der Waals surface area contributed by atoms with Crippen molar-refractivity contribution in [3.05, 3.63) is 12.0 Å². The van der Waals surface area contributed by atoms with Gasteiger partial charge in [0.15, 0.2) is 0 Å². The Morgan fingerprint density at radius 3 is 3.08 bits per heavy atom. The number of rotatable bonds is 1. The van der Waals surface area contributed by atoms with Crippen LogP contribution in [-0.2, 0) is 4.74 Å². The third-order valence-electron chi connectivity index (χ3n) is 2.22. The van der Waals surface area contributed by atoms with Gasteiger partial charge in [-0.15, -0.1) is 0 Å². The van der Waals surface area contributed by atoms with Gasteiger partial charge in [0.2, 0.25) is 0 Å². The van der Waals surface area contributed by atoms with Crippen LogP contribution in [0.1, 0.15) is 12.6 Å². The number of ether oxygens (including phenoxy) is 1. The summed E-state index contributed by atoms with van der Waals surface area (Å²) in [5.74, 6) is 0. The van der Waals surface area contributed by atoms with Gasteiger partial charge in [-0.3, -0.25) is 0 Å². The number of morpholine rings is 1. The molecule has 0 unspecified atom stereocenters. The van der Waals surface area contributed by atoms with Crippen LogP contribution in [0.3, 0.4) is 0 Å². The first-order valence-corrected chi connectivity index (χ1v) is 4.54. The normalized spacial score (nSPS) is 23.5. The van der Waals surface area contributed by atoms with E-state index in [1.165, 1.54) is 0 Å². The molecule has 72 valence electrons. The summed E-state index contributed by atoms with van der Waals surface area (Å²) in [5.41, 5.74) is 0.925. The van der Waals surface area contributed by atoms with E-state index in [1.807, 2.05) is 6.92 Å². The Balaban J connectivity index is 2.14. The van der Waals surface area contributed by atoms with E-state index < -0.39 is 0 Å². The van der Waals surface area contributed by atoms with E-state index in [1.54, 1.807) is 6.26 Å². The summed E-state index contributed by atoms with van der Waals surface area (Å²) in [6.45, 7) is 6.41. The molecule has 1 aromatic rings. The summed E-state index contributed by atoms with van der Waals surface area (Å²) in [6.07, 6.45) is 1.68. The molecule has 1 saturated heterocycles. The highest BCUT2D eigenvalue weighted by atomic mass is 16.5. The maximum Gasteiger partial charge on any atom is 0.297 e. The number of hydrogen-bond donors (Lipinski definition) is 0. The van der Waals surface area contributed by atoms with Crippen molar-refractivity contribution in [2.24, 2.45) is 0 Å². The molecule has 0 saturated carbocycles. The first kappa shape index (κ1) is 8.56. The second kappa shape index (κ2) is 3.38. The molecule has 2 rings (SSSR count). The van der Waals surface area contributed by atoms with Crippen molar-refractivity contribution in [1.82, 2.24) is 4.98 Å². The van der Waals surface area contributed by atoms with Crippen LogP contribution < -0.4 is 4.90 Å². The molecular formula is C9H14N2O2. The zero-order valence-electron chi connectivity index (χ0n) is 7.99. The van der Waals surface area contributed by atoms with Crippen molar-refractivity contribution in [2.45, 2.75) is 19.9 Å². The number of aromatic nitrogens is 1. The number of nitrogens with zero attached hydrogens (tertiary/aromatic N) is 2. The molecule has 1 aromatic heterocycles. The largest absolute Gasteiger partial charge is 0.432 e. The molecule has 0 bridgehead atoms. The van der Waals surface area contributed by atoms with Gasteiger partial charge in [0.25, 0.3) is 6.01 Å². The van der Waals surface area contributed by atoms with Gasteiger partial charge in [-0.2, -0.15) is 4.98 Å². The minimum Gasteiger partial charge on any atom is -0.432 e. The van der Waals surface area contributed by atoms with Crippen LogP contribution in [0.2, 0.25) is 0 Å². The summed E-state index contributed by atoms with van der Waals surface area (Å²) in [5, 5.41) is 0. The lowest BCUT2D eigenvalue weighted by molar-refractivity contribution is 0.0961. The van der Waals surface area contributed by atoms with Gasteiger partial charge >= 0.3 is 0 Å². The Hall–Kier alpha value is -1.03. The molecule has 4 heteroatoms. The van der Waals surface area contributed by atoms with Crippen molar-refractivity contribution >= 4 is 6.01 Å². The standard InChI is InChI=1S/C9H14N2O2/c1-7-5-13-9(10-7)11-3-4-12-6-8(11)2/h5,8H,3-4,6H2,1-2H3/t8-/m0/s1. The predicted molar refractivity (Wildman–Crippen MR) is 48.9 cm³/mol. The molecule has 0 radical (unpaired) electrons. The predicted octanol–water partition coefficient (Wildman–Crippen LogP) is 1.21. The van der Waals surface area contributed by atoms with Crippen molar-refractivity contribution in [1.29, 1.82) is 0 Å². The van der Waals surface area contributed by atoms with Crippen molar-refractivity contribution in [3.8, 4) is 0 Å². The van der Waals surface area contributed by atoms with E-state index in [-0.39, 0.29) is 0 Å². The number of aryl methyl sites for hydroxylation is 1. The second-order valence-corrected chi connectivity index (χ2v) is 3.39. The minimum atomic E-state index is 0.354. The Kier molecular flexibility index (Phi) is 2.22. The zero-order chi connectivity index (χ0) is 9.26. The molecule has 0 amide bonds. The van der Waals surface area contributed by atoms with Gasteiger partial charge in [-0.25, -0.2) is 0 Å². The molecule has 2 heterocycles. The quantitative estimate of drug-likeness (QED) is 0.654. The van der Waals surface area contributed by atoms with Gasteiger partial charge in [-0.1, -0.05) is 0 Å². The molecule has 1 atom stereocenters. The van der Waals surface area contributed by atoms with E-state index in [2.05, 4.69) is 16.8 Å². The van der Waals surface area contributed by atoms with Gasteiger partial charge < -0.3 is 14.1 Å². The molecule has 13 heavy (non-hydrogen) atoms. The molecule has 1 fully saturated rings. The third-order valence-corrected chi connectivity index (χ3v) is 2.22. The van der Waals surface area contributed by atoms with E-state index in [0.29, 0.717) is 12.1 Å².